The number of carbonyl (C=O) groups is 1. The van der Waals surface area contributed by atoms with Crippen LogP contribution in [0.1, 0.15) is 18.9 Å². The summed E-state index contributed by atoms with van der Waals surface area (Å²) >= 11 is 5.87. The summed E-state index contributed by atoms with van der Waals surface area (Å²) in [5, 5.41) is 2.94. The average Bonchev–Trinajstić information content (AvgIpc) is 2.55. The Kier molecular flexibility index (Phi) is 6.35. The number of benzene rings is 1. The molecular weight excluding hydrogens is 319 g/mol. The topological polar surface area (TPSA) is 51.2 Å². The molecule has 1 aromatic heterocycles. The molecule has 0 unspecified atom stereocenters. The normalized spacial score (nSPS) is 11.8. The number of aryl methyl sites for hydroxylation is 1. The molecule has 1 aromatic carbocycles. The van der Waals surface area contributed by atoms with E-state index < -0.39 is 11.9 Å². The van der Waals surface area contributed by atoms with Crippen LogP contribution >= 0.6 is 11.6 Å². The summed E-state index contributed by atoms with van der Waals surface area (Å²) in [7, 11) is 0. The molecule has 0 spiro atoms. The minimum absolute atomic E-state index is 0.140. The van der Waals surface area contributed by atoms with Gasteiger partial charge in [-0.05, 0) is 49.6 Å². The lowest BCUT2D eigenvalue weighted by atomic mass is 10.1. The first-order chi connectivity index (χ1) is 11.1. The Morgan fingerprint density at radius 2 is 2.26 bits per heavy atom. The van der Waals surface area contributed by atoms with E-state index in [9.17, 15) is 9.18 Å². The molecule has 122 valence electrons. The van der Waals surface area contributed by atoms with Gasteiger partial charge in [0.25, 0.3) is 5.91 Å². The second-order valence-corrected chi connectivity index (χ2v) is 5.50. The Balaban J connectivity index is 1.74. The van der Waals surface area contributed by atoms with Gasteiger partial charge in [-0.2, -0.15) is 0 Å². The van der Waals surface area contributed by atoms with E-state index in [2.05, 4.69) is 10.3 Å². The third-order valence-corrected chi connectivity index (χ3v) is 3.53. The van der Waals surface area contributed by atoms with Gasteiger partial charge >= 0.3 is 0 Å². The number of carbonyl (C=O) groups excluding carboxylic acids is 1. The fourth-order valence-corrected chi connectivity index (χ4v) is 2.22. The lowest BCUT2D eigenvalue weighted by Gasteiger charge is -2.15. The van der Waals surface area contributed by atoms with Crippen molar-refractivity contribution in [3.05, 3.63) is 59.1 Å². The van der Waals surface area contributed by atoms with Gasteiger partial charge in [-0.1, -0.05) is 17.7 Å². The lowest BCUT2D eigenvalue weighted by molar-refractivity contribution is -0.127. The van der Waals surface area contributed by atoms with Crippen molar-refractivity contribution in [2.75, 3.05) is 6.54 Å². The summed E-state index contributed by atoms with van der Waals surface area (Å²) in [4.78, 5) is 16.0. The standard InChI is InChI=1S/C17H18ClFN2O2/c1-12(23-16-7-6-14(19)10-15(16)18)17(22)21-9-3-5-13-4-2-8-20-11-13/h2,4,6-8,10-12H,3,5,9H2,1H3,(H,21,22)/t12-/m0/s1. The summed E-state index contributed by atoms with van der Waals surface area (Å²) in [5.41, 5.74) is 1.13. The molecule has 1 atom stereocenters. The van der Waals surface area contributed by atoms with Gasteiger partial charge in [0.2, 0.25) is 0 Å². The second kappa shape index (κ2) is 8.48. The maximum atomic E-state index is 13.0. The summed E-state index contributed by atoms with van der Waals surface area (Å²) < 4.78 is 18.4. The Labute approximate surface area is 139 Å². The van der Waals surface area contributed by atoms with Crippen LogP contribution in [0.25, 0.3) is 0 Å². The summed E-state index contributed by atoms with van der Waals surface area (Å²) in [5.74, 6) is -0.405. The average molecular weight is 337 g/mol. The molecule has 2 aromatic rings. The Morgan fingerprint density at radius 1 is 1.43 bits per heavy atom. The van der Waals surface area contributed by atoms with Gasteiger partial charge in [0.15, 0.2) is 6.10 Å². The zero-order valence-corrected chi connectivity index (χ0v) is 13.5. The SMILES string of the molecule is C[C@H](Oc1ccc(F)cc1Cl)C(=O)NCCCc1cccnc1. The quantitative estimate of drug-likeness (QED) is 0.788. The van der Waals surface area contributed by atoms with Gasteiger partial charge in [-0.3, -0.25) is 9.78 Å². The third-order valence-electron chi connectivity index (χ3n) is 3.23. The van der Waals surface area contributed by atoms with Crippen LogP contribution in [0.4, 0.5) is 4.39 Å². The highest BCUT2D eigenvalue weighted by Crippen LogP contribution is 2.25. The predicted molar refractivity (Wildman–Crippen MR) is 87.1 cm³/mol. The molecule has 0 fully saturated rings. The van der Waals surface area contributed by atoms with E-state index in [1.54, 1.807) is 13.1 Å². The Bertz CT molecular complexity index is 652. The lowest BCUT2D eigenvalue weighted by Crippen LogP contribution is -2.37. The fraction of sp³-hybridized carbons (Fsp3) is 0.294. The molecular formula is C17H18ClFN2O2. The molecule has 1 amide bonds. The molecule has 0 aliphatic carbocycles. The van der Waals surface area contributed by atoms with E-state index in [1.807, 2.05) is 18.3 Å². The van der Waals surface area contributed by atoms with Crippen LogP contribution in [-0.4, -0.2) is 23.5 Å². The van der Waals surface area contributed by atoms with Crippen LogP contribution in [0.2, 0.25) is 5.02 Å². The van der Waals surface area contributed by atoms with Crippen LogP contribution in [0, 0.1) is 5.82 Å². The summed E-state index contributed by atoms with van der Waals surface area (Å²) in [6.45, 7) is 2.16. The van der Waals surface area contributed by atoms with Gasteiger partial charge in [0.05, 0.1) is 5.02 Å². The Morgan fingerprint density at radius 3 is 2.96 bits per heavy atom. The van der Waals surface area contributed by atoms with Crippen molar-refractivity contribution in [1.82, 2.24) is 10.3 Å². The van der Waals surface area contributed by atoms with Crippen LogP contribution < -0.4 is 10.1 Å². The minimum atomic E-state index is -0.712. The van der Waals surface area contributed by atoms with Crippen molar-refractivity contribution in [2.24, 2.45) is 0 Å². The molecule has 0 saturated heterocycles. The second-order valence-electron chi connectivity index (χ2n) is 5.09. The molecule has 1 N–H and O–H groups in total. The highest BCUT2D eigenvalue weighted by atomic mass is 35.5. The molecule has 2 rings (SSSR count). The highest BCUT2D eigenvalue weighted by Gasteiger charge is 2.15. The fourth-order valence-electron chi connectivity index (χ4n) is 2.01. The van der Waals surface area contributed by atoms with Gasteiger partial charge in [0, 0.05) is 18.9 Å². The molecule has 1 heterocycles. The van der Waals surface area contributed by atoms with Crippen molar-refractivity contribution in [1.29, 1.82) is 0 Å². The van der Waals surface area contributed by atoms with Gasteiger partial charge in [-0.25, -0.2) is 4.39 Å². The van der Waals surface area contributed by atoms with Crippen molar-refractivity contribution in [3.63, 3.8) is 0 Å². The zero-order valence-electron chi connectivity index (χ0n) is 12.8. The first kappa shape index (κ1) is 17.2. The van der Waals surface area contributed by atoms with E-state index in [1.165, 1.54) is 12.1 Å². The number of hydrogen-bond acceptors (Lipinski definition) is 3. The number of halogens is 2. The van der Waals surface area contributed by atoms with E-state index >= 15 is 0 Å². The molecule has 0 saturated carbocycles. The number of amides is 1. The van der Waals surface area contributed by atoms with Crippen LogP contribution in [0.3, 0.4) is 0 Å². The van der Waals surface area contributed by atoms with E-state index in [0.29, 0.717) is 6.54 Å². The smallest absolute Gasteiger partial charge is 0.260 e. The zero-order chi connectivity index (χ0) is 16.7. The number of aromatic nitrogens is 1. The first-order valence-electron chi connectivity index (χ1n) is 7.34. The van der Waals surface area contributed by atoms with Gasteiger partial charge in [-0.15, -0.1) is 0 Å². The monoisotopic (exact) mass is 336 g/mol. The van der Waals surface area contributed by atoms with Gasteiger partial charge in [0.1, 0.15) is 11.6 Å². The van der Waals surface area contributed by atoms with Crippen LogP contribution in [0.15, 0.2) is 42.7 Å². The van der Waals surface area contributed by atoms with Crippen LogP contribution in [-0.2, 0) is 11.2 Å². The molecule has 0 bridgehead atoms. The minimum Gasteiger partial charge on any atom is -0.479 e. The number of hydrogen-bond donors (Lipinski definition) is 1. The van der Waals surface area contributed by atoms with Crippen molar-refractivity contribution >= 4 is 17.5 Å². The molecule has 6 heteroatoms. The molecule has 0 radical (unpaired) electrons. The number of nitrogens with one attached hydrogen (secondary N) is 1. The number of rotatable bonds is 7. The molecule has 0 aliphatic heterocycles. The number of nitrogens with zero attached hydrogens (tertiary/aromatic N) is 1. The van der Waals surface area contributed by atoms with Gasteiger partial charge < -0.3 is 10.1 Å². The number of ether oxygens (including phenoxy) is 1. The third kappa shape index (κ3) is 5.53. The first-order valence-corrected chi connectivity index (χ1v) is 7.72. The van der Waals surface area contributed by atoms with Crippen LogP contribution in [0.5, 0.6) is 5.75 Å². The van der Waals surface area contributed by atoms with E-state index in [4.69, 9.17) is 16.3 Å². The molecule has 0 aliphatic rings. The van der Waals surface area contributed by atoms with Crippen molar-refractivity contribution < 1.29 is 13.9 Å². The largest absolute Gasteiger partial charge is 0.479 e. The van der Waals surface area contributed by atoms with E-state index in [-0.39, 0.29) is 16.7 Å². The van der Waals surface area contributed by atoms with Crippen molar-refractivity contribution in [3.8, 4) is 5.75 Å². The maximum absolute atomic E-state index is 13.0. The molecule has 4 nitrogen and oxygen atoms in total. The predicted octanol–water partition coefficient (Wildman–Crippen LogP) is 3.39. The summed E-state index contributed by atoms with van der Waals surface area (Å²) in [6, 6.07) is 7.67. The maximum Gasteiger partial charge on any atom is 0.260 e. The summed E-state index contributed by atoms with van der Waals surface area (Å²) in [6.07, 6.45) is 4.47. The molecule has 23 heavy (non-hydrogen) atoms. The van der Waals surface area contributed by atoms with E-state index in [0.717, 1.165) is 24.5 Å². The highest BCUT2D eigenvalue weighted by molar-refractivity contribution is 6.32. The Hall–Kier alpha value is -2.14. The van der Waals surface area contributed by atoms with Crippen molar-refractivity contribution in [2.45, 2.75) is 25.9 Å². The number of pyridine rings is 1.